The lowest BCUT2D eigenvalue weighted by atomic mass is 10.1. The van der Waals surface area contributed by atoms with Crippen LogP contribution in [0.1, 0.15) is 17.5 Å². The van der Waals surface area contributed by atoms with E-state index < -0.39 is 0 Å². The second kappa shape index (κ2) is 6.74. The number of amides is 3. The van der Waals surface area contributed by atoms with E-state index in [1.807, 2.05) is 62.4 Å². The average molecular weight is 323 g/mol. The van der Waals surface area contributed by atoms with Gasteiger partial charge in [0.15, 0.2) is 0 Å². The molecule has 1 saturated heterocycles. The third kappa shape index (κ3) is 3.40. The first kappa shape index (κ1) is 16.1. The Morgan fingerprint density at radius 3 is 2.58 bits per heavy atom. The van der Waals surface area contributed by atoms with Crippen LogP contribution in [0.5, 0.6) is 0 Å². The van der Waals surface area contributed by atoms with Crippen LogP contribution in [-0.4, -0.2) is 24.5 Å². The largest absolute Gasteiger partial charge is 0.333 e. The van der Waals surface area contributed by atoms with Crippen LogP contribution in [0.15, 0.2) is 48.5 Å². The van der Waals surface area contributed by atoms with Crippen molar-refractivity contribution in [2.24, 2.45) is 0 Å². The molecule has 3 amide bonds. The number of nitrogens with one attached hydrogen (secondary N) is 2. The van der Waals surface area contributed by atoms with Gasteiger partial charge < -0.3 is 15.5 Å². The molecule has 1 atom stereocenters. The molecule has 2 aromatic rings. The summed E-state index contributed by atoms with van der Waals surface area (Å²) in [7, 11) is 0. The van der Waals surface area contributed by atoms with Gasteiger partial charge >= 0.3 is 6.03 Å². The summed E-state index contributed by atoms with van der Waals surface area (Å²) in [5.74, 6) is 0.0261. The number of hydrogen-bond acceptors (Lipinski definition) is 2. The van der Waals surface area contributed by atoms with Gasteiger partial charge in [-0.2, -0.15) is 0 Å². The number of benzene rings is 2. The molecule has 24 heavy (non-hydrogen) atoms. The van der Waals surface area contributed by atoms with Crippen molar-refractivity contribution < 1.29 is 9.59 Å². The number of urea groups is 1. The van der Waals surface area contributed by atoms with E-state index in [1.54, 1.807) is 4.90 Å². The molecule has 1 fully saturated rings. The first-order chi connectivity index (χ1) is 11.5. The maximum atomic E-state index is 12.2. The summed E-state index contributed by atoms with van der Waals surface area (Å²) in [4.78, 5) is 26.1. The fourth-order valence-corrected chi connectivity index (χ4v) is 2.89. The second-order valence-electron chi connectivity index (χ2n) is 6.09. The molecule has 0 saturated carbocycles. The smallest absolute Gasteiger partial charge is 0.319 e. The number of hydrogen-bond donors (Lipinski definition) is 2. The molecule has 1 aliphatic rings. The molecule has 2 N–H and O–H groups in total. The third-order valence-corrected chi connectivity index (χ3v) is 4.38. The van der Waals surface area contributed by atoms with E-state index in [-0.39, 0.29) is 18.0 Å². The third-order valence-electron chi connectivity index (χ3n) is 4.38. The molecule has 3 rings (SSSR count). The minimum atomic E-state index is -0.281. The average Bonchev–Trinajstić information content (AvgIpc) is 2.93. The van der Waals surface area contributed by atoms with Crippen LogP contribution in [-0.2, 0) is 4.79 Å². The number of anilines is 2. The Balaban J connectivity index is 1.62. The van der Waals surface area contributed by atoms with Crippen LogP contribution in [0.2, 0.25) is 0 Å². The molecule has 0 aromatic heterocycles. The predicted octanol–water partition coefficient (Wildman–Crippen LogP) is 3.23. The van der Waals surface area contributed by atoms with Gasteiger partial charge in [-0.25, -0.2) is 4.79 Å². The van der Waals surface area contributed by atoms with Crippen LogP contribution >= 0.6 is 0 Å². The van der Waals surface area contributed by atoms with Gasteiger partial charge in [-0.15, -0.1) is 0 Å². The number of carbonyl (C=O) groups excluding carboxylic acids is 2. The van der Waals surface area contributed by atoms with Gasteiger partial charge in [-0.1, -0.05) is 30.3 Å². The van der Waals surface area contributed by atoms with Gasteiger partial charge in [0.05, 0.1) is 6.04 Å². The molecule has 124 valence electrons. The highest BCUT2D eigenvalue weighted by molar-refractivity contribution is 5.97. The molecule has 5 nitrogen and oxygen atoms in total. The van der Waals surface area contributed by atoms with E-state index >= 15 is 0 Å². The number of rotatable bonds is 3. The summed E-state index contributed by atoms with van der Waals surface area (Å²) in [5, 5.41) is 5.76. The molecule has 5 heteroatoms. The Morgan fingerprint density at radius 2 is 1.83 bits per heavy atom. The first-order valence-corrected chi connectivity index (χ1v) is 8.04. The van der Waals surface area contributed by atoms with Crippen molar-refractivity contribution >= 4 is 23.3 Å². The van der Waals surface area contributed by atoms with Crippen molar-refractivity contribution in [1.82, 2.24) is 5.32 Å². The van der Waals surface area contributed by atoms with Crippen molar-refractivity contribution in [1.29, 1.82) is 0 Å². The fraction of sp³-hybridized carbons (Fsp3) is 0.263. The number of para-hydroxylation sites is 1. The molecular formula is C19H21N3O2. The minimum Gasteiger partial charge on any atom is -0.333 e. The summed E-state index contributed by atoms with van der Waals surface area (Å²) in [6, 6.07) is 14.8. The SMILES string of the molecule is Cc1cccc(NC(=O)N[C@H]2CC(=O)N(c3ccccc3)C2)c1C. The Morgan fingerprint density at radius 1 is 1.08 bits per heavy atom. The lowest BCUT2D eigenvalue weighted by molar-refractivity contribution is -0.117. The molecule has 0 unspecified atom stereocenters. The lowest BCUT2D eigenvalue weighted by Crippen LogP contribution is -2.39. The Bertz CT molecular complexity index is 758. The molecule has 0 aliphatic carbocycles. The van der Waals surface area contributed by atoms with Crippen molar-refractivity contribution in [3.05, 3.63) is 59.7 Å². The molecule has 0 bridgehead atoms. The summed E-state index contributed by atoms with van der Waals surface area (Å²) >= 11 is 0. The van der Waals surface area contributed by atoms with E-state index in [2.05, 4.69) is 10.6 Å². The van der Waals surface area contributed by atoms with E-state index in [0.717, 1.165) is 22.5 Å². The van der Waals surface area contributed by atoms with Crippen molar-refractivity contribution in [3.63, 3.8) is 0 Å². The maximum absolute atomic E-state index is 12.2. The summed E-state index contributed by atoms with van der Waals surface area (Å²) < 4.78 is 0. The Kier molecular flexibility index (Phi) is 4.51. The van der Waals surface area contributed by atoms with Crippen LogP contribution in [0, 0.1) is 13.8 Å². The zero-order valence-electron chi connectivity index (χ0n) is 13.9. The number of nitrogens with zero attached hydrogens (tertiary/aromatic N) is 1. The van der Waals surface area contributed by atoms with Crippen LogP contribution < -0.4 is 15.5 Å². The summed E-state index contributed by atoms with van der Waals surface area (Å²) in [5.41, 5.74) is 3.82. The van der Waals surface area contributed by atoms with Gasteiger partial charge in [0.2, 0.25) is 5.91 Å². The van der Waals surface area contributed by atoms with Gasteiger partial charge in [-0.3, -0.25) is 4.79 Å². The summed E-state index contributed by atoms with van der Waals surface area (Å²) in [6.07, 6.45) is 0.315. The highest BCUT2D eigenvalue weighted by atomic mass is 16.2. The van der Waals surface area contributed by atoms with E-state index in [0.29, 0.717) is 13.0 Å². The van der Waals surface area contributed by atoms with Crippen molar-refractivity contribution in [3.8, 4) is 0 Å². The predicted molar refractivity (Wildman–Crippen MR) is 95.3 cm³/mol. The zero-order valence-corrected chi connectivity index (χ0v) is 13.9. The molecule has 2 aromatic carbocycles. The van der Waals surface area contributed by atoms with Crippen LogP contribution in [0.4, 0.5) is 16.2 Å². The van der Waals surface area contributed by atoms with Crippen molar-refractivity contribution in [2.45, 2.75) is 26.3 Å². The monoisotopic (exact) mass is 323 g/mol. The highest BCUT2D eigenvalue weighted by Gasteiger charge is 2.31. The normalized spacial score (nSPS) is 17.0. The first-order valence-electron chi connectivity index (χ1n) is 8.04. The standard InChI is InChI=1S/C19H21N3O2/c1-13-7-6-10-17(14(13)2)21-19(24)20-15-11-18(23)22(12-15)16-8-4-3-5-9-16/h3-10,15H,11-12H2,1-2H3,(H2,20,21,24)/t15-/m0/s1. The van der Waals surface area contributed by atoms with Gasteiger partial charge in [0.1, 0.15) is 0 Å². The Labute approximate surface area is 141 Å². The molecule has 1 aliphatic heterocycles. The Hall–Kier alpha value is -2.82. The van der Waals surface area contributed by atoms with Crippen molar-refractivity contribution in [2.75, 3.05) is 16.8 Å². The quantitative estimate of drug-likeness (QED) is 0.911. The van der Waals surface area contributed by atoms with E-state index in [4.69, 9.17) is 0 Å². The topological polar surface area (TPSA) is 61.4 Å². The van der Waals surface area contributed by atoms with E-state index in [1.165, 1.54) is 0 Å². The van der Waals surface area contributed by atoms with Crippen LogP contribution in [0.25, 0.3) is 0 Å². The fourth-order valence-electron chi connectivity index (χ4n) is 2.89. The molecule has 0 spiro atoms. The molecule has 0 radical (unpaired) electrons. The van der Waals surface area contributed by atoms with Crippen LogP contribution in [0.3, 0.4) is 0 Å². The van der Waals surface area contributed by atoms with Gasteiger partial charge in [-0.05, 0) is 43.2 Å². The summed E-state index contributed by atoms with van der Waals surface area (Å²) in [6.45, 7) is 4.47. The maximum Gasteiger partial charge on any atom is 0.319 e. The highest BCUT2D eigenvalue weighted by Crippen LogP contribution is 2.21. The second-order valence-corrected chi connectivity index (χ2v) is 6.09. The van der Waals surface area contributed by atoms with E-state index in [9.17, 15) is 9.59 Å². The molecular weight excluding hydrogens is 302 g/mol. The minimum absolute atomic E-state index is 0.0261. The zero-order chi connectivity index (χ0) is 17.1. The number of aryl methyl sites for hydroxylation is 1. The van der Waals surface area contributed by atoms with Gasteiger partial charge in [0, 0.05) is 24.3 Å². The number of carbonyl (C=O) groups is 2. The van der Waals surface area contributed by atoms with Gasteiger partial charge in [0.25, 0.3) is 0 Å². The lowest BCUT2D eigenvalue weighted by Gasteiger charge is -2.17. The molecule has 1 heterocycles.